The average Bonchev–Trinajstić information content (AvgIpc) is 3.12. The van der Waals surface area contributed by atoms with Gasteiger partial charge in [-0.3, -0.25) is 4.79 Å². The highest BCUT2D eigenvalue weighted by Crippen LogP contribution is 2.58. The van der Waals surface area contributed by atoms with Crippen LogP contribution < -0.4 is 5.32 Å². The topological polar surface area (TPSA) is 49.3 Å². The first-order valence-electron chi connectivity index (χ1n) is 5.78. The maximum atomic E-state index is 11.1. The zero-order chi connectivity index (χ0) is 12.3. The van der Waals surface area contributed by atoms with Gasteiger partial charge in [0.2, 0.25) is 5.91 Å². The Morgan fingerprint density at radius 2 is 2.24 bits per heavy atom. The molecular weight excluding hydrogens is 214 g/mol. The van der Waals surface area contributed by atoms with E-state index in [0.717, 1.165) is 6.42 Å². The summed E-state index contributed by atoms with van der Waals surface area (Å²) in [6.45, 7) is 4.02. The highest BCUT2D eigenvalue weighted by molar-refractivity contribution is 5.86. The molecule has 1 aliphatic carbocycles. The van der Waals surface area contributed by atoms with Gasteiger partial charge in [0.1, 0.15) is 0 Å². The first-order chi connectivity index (χ1) is 8.22. The van der Waals surface area contributed by atoms with Crippen molar-refractivity contribution < 1.29 is 9.90 Å². The number of hydrogen-bond donors (Lipinski definition) is 2. The van der Waals surface area contributed by atoms with Gasteiger partial charge in [0, 0.05) is 12.0 Å². The first kappa shape index (κ1) is 11.9. The summed E-state index contributed by atoms with van der Waals surface area (Å²) in [5.74, 6) is 0.162. The quantitative estimate of drug-likeness (QED) is 0.754. The van der Waals surface area contributed by atoms with E-state index in [9.17, 15) is 9.90 Å². The fraction of sp³-hybridized carbons (Fsp3) is 0.357. The van der Waals surface area contributed by atoms with E-state index < -0.39 is 0 Å². The number of aliphatic hydroxyl groups excluding tert-OH is 1. The standard InChI is InChI=1S/C14H17NO2/c1-2-13(17)15-9-14(10-16)8-12(14)11-6-4-3-5-7-11/h2-7,12,16H,1,8-10H2,(H,15,17). The number of amides is 1. The SMILES string of the molecule is C=CC(=O)NCC1(CO)CC1c1ccccc1. The van der Waals surface area contributed by atoms with Gasteiger partial charge in [0.25, 0.3) is 0 Å². The highest BCUT2D eigenvalue weighted by atomic mass is 16.3. The zero-order valence-corrected chi connectivity index (χ0v) is 9.73. The molecule has 90 valence electrons. The third-order valence-electron chi connectivity index (χ3n) is 3.51. The molecule has 0 radical (unpaired) electrons. The second-order valence-electron chi connectivity index (χ2n) is 4.61. The Morgan fingerprint density at radius 1 is 1.53 bits per heavy atom. The molecule has 0 bridgehead atoms. The van der Waals surface area contributed by atoms with Crippen molar-refractivity contribution in [3.05, 3.63) is 48.6 Å². The predicted molar refractivity (Wildman–Crippen MR) is 66.5 cm³/mol. The van der Waals surface area contributed by atoms with Crippen molar-refractivity contribution in [3.8, 4) is 0 Å². The molecular formula is C14H17NO2. The van der Waals surface area contributed by atoms with Crippen molar-refractivity contribution in [2.75, 3.05) is 13.2 Å². The van der Waals surface area contributed by atoms with Crippen molar-refractivity contribution >= 4 is 5.91 Å². The summed E-state index contributed by atoms with van der Waals surface area (Å²) in [7, 11) is 0. The number of hydrogen-bond acceptors (Lipinski definition) is 2. The Labute approximate surface area is 101 Å². The van der Waals surface area contributed by atoms with E-state index in [1.807, 2.05) is 18.2 Å². The van der Waals surface area contributed by atoms with Crippen LogP contribution in [0.4, 0.5) is 0 Å². The maximum Gasteiger partial charge on any atom is 0.243 e. The van der Waals surface area contributed by atoms with Crippen LogP contribution in [-0.4, -0.2) is 24.2 Å². The predicted octanol–water partition coefficient (Wildman–Crippen LogP) is 1.45. The van der Waals surface area contributed by atoms with Crippen LogP contribution in [0.25, 0.3) is 0 Å². The van der Waals surface area contributed by atoms with Gasteiger partial charge in [-0.1, -0.05) is 36.9 Å². The van der Waals surface area contributed by atoms with Crippen molar-refractivity contribution in [2.24, 2.45) is 5.41 Å². The minimum atomic E-state index is -0.184. The molecule has 2 rings (SSSR count). The lowest BCUT2D eigenvalue weighted by molar-refractivity contribution is -0.116. The average molecular weight is 231 g/mol. The van der Waals surface area contributed by atoms with E-state index in [-0.39, 0.29) is 17.9 Å². The second kappa shape index (κ2) is 4.72. The molecule has 1 aromatic rings. The molecule has 1 amide bonds. The van der Waals surface area contributed by atoms with Gasteiger partial charge in [0.15, 0.2) is 0 Å². The Morgan fingerprint density at radius 3 is 2.82 bits per heavy atom. The minimum Gasteiger partial charge on any atom is -0.396 e. The molecule has 1 saturated carbocycles. The summed E-state index contributed by atoms with van der Waals surface area (Å²) < 4.78 is 0. The van der Waals surface area contributed by atoms with Gasteiger partial charge in [-0.05, 0) is 24.0 Å². The van der Waals surface area contributed by atoms with E-state index in [4.69, 9.17) is 0 Å². The van der Waals surface area contributed by atoms with Gasteiger partial charge in [0.05, 0.1) is 6.61 Å². The van der Waals surface area contributed by atoms with E-state index in [1.165, 1.54) is 11.6 Å². The van der Waals surface area contributed by atoms with Gasteiger partial charge < -0.3 is 10.4 Å². The number of aliphatic hydroxyl groups is 1. The molecule has 0 saturated heterocycles. The summed E-state index contributed by atoms with van der Waals surface area (Å²) in [6.07, 6.45) is 2.18. The molecule has 2 atom stereocenters. The third-order valence-corrected chi connectivity index (χ3v) is 3.51. The molecule has 0 aromatic heterocycles. The Kier molecular flexibility index (Phi) is 3.29. The number of nitrogens with one attached hydrogen (secondary N) is 1. The molecule has 3 nitrogen and oxygen atoms in total. The van der Waals surface area contributed by atoms with Crippen LogP contribution in [0.5, 0.6) is 0 Å². The summed E-state index contributed by atoms with van der Waals surface area (Å²) >= 11 is 0. The van der Waals surface area contributed by atoms with Crippen molar-refractivity contribution in [1.82, 2.24) is 5.32 Å². The molecule has 1 aliphatic rings. The number of rotatable bonds is 5. The van der Waals surface area contributed by atoms with Gasteiger partial charge in [-0.25, -0.2) is 0 Å². The summed E-state index contributed by atoms with van der Waals surface area (Å²) in [5, 5.41) is 12.3. The van der Waals surface area contributed by atoms with Crippen LogP contribution in [-0.2, 0) is 4.79 Å². The van der Waals surface area contributed by atoms with Crippen LogP contribution in [0.3, 0.4) is 0 Å². The normalized spacial score (nSPS) is 26.3. The third kappa shape index (κ3) is 2.39. The lowest BCUT2D eigenvalue weighted by Crippen LogP contribution is -2.31. The summed E-state index contributed by atoms with van der Waals surface area (Å²) in [6, 6.07) is 10.1. The van der Waals surface area contributed by atoms with Crippen LogP contribution >= 0.6 is 0 Å². The molecule has 0 spiro atoms. The Bertz CT molecular complexity index is 415. The second-order valence-corrected chi connectivity index (χ2v) is 4.61. The maximum absolute atomic E-state index is 11.1. The van der Waals surface area contributed by atoms with Gasteiger partial charge in [-0.15, -0.1) is 0 Å². The zero-order valence-electron chi connectivity index (χ0n) is 9.73. The van der Waals surface area contributed by atoms with E-state index in [2.05, 4.69) is 24.0 Å². The Hall–Kier alpha value is -1.61. The smallest absolute Gasteiger partial charge is 0.243 e. The number of carbonyl (C=O) groups excluding carboxylic acids is 1. The Balaban J connectivity index is 2.00. The lowest BCUT2D eigenvalue weighted by atomic mass is 10.00. The van der Waals surface area contributed by atoms with E-state index in [1.54, 1.807) is 0 Å². The van der Waals surface area contributed by atoms with Crippen LogP contribution in [0.15, 0.2) is 43.0 Å². The molecule has 0 aliphatic heterocycles. The molecule has 3 heteroatoms. The molecule has 17 heavy (non-hydrogen) atoms. The monoisotopic (exact) mass is 231 g/mol. The molecule has 0 heterocycles. The lowest BCUT2D eigenvalue weighted by Gasteiger charge is -2.14. The van der Waals surface area contributed by atoms with E-state index >= 15 is 0 Å². The van der Waals surface area contributed by atoms with Crippen molar-refractivity contribution in [2.45, 2.75) is 12.3 Å². The van der Waals surface area contributed by atoms with Gasteiger partial charge >= 0.3 is 0 Å². The molecule has 1 aromatic carbocycles. The number of benzene rings is 1. The highest BCUT2D eigenvalue weighted by Gasteiger charge is 2.54. The van der Waals surface area contributed by atoms with Crippen molar-refractivity contribution in [3.63, 3.8) is 0 Å². The number of carbonyl (C=O) groups is 1. The fourth-order valence-corrected chi connectivity index (χ4v) is 2.27. The summed E-state index contributed by atoms with van der Waals surface area (Å²) in [4.78, 5) is 11.1. The van der Waals surface area contributed by atoms with Crippen molar-refractivity contribution in [1.29, 1.82) is 0 Å². The summed E-state index contributed by atoms with van der Waals surface area (Å²) in [5.41, 5.74) is 1.05. The minimum absolute atomic E-state index is 0.101. The molecule has 2 unspecified atom stereocenters. The molecule has 1 fully saturated rings. The van der Waals surface area contributed by atoms with Crippen LogP contribution in [0, 0.1) is 5.41 Å². The fourth-order valence-electron chi connectivity index (χ4n) is 2.27. The van der Waals surface area contributed by atoms with Gasteiger partial charge in [-0.2, -0.15) is 0 Å². The first-order valence-corrected chi connectivity index (χ1v) is 5.78. The molecule has 2 N–H and O–H groups in total. The van der Waals surface area contributed by atoms with Crippen LogP contribution in [0.2, 0.25) is 0 Å². The van der Waals surface area contributed by atoms with E-state index in [0.29, 0.717) is 12.5 Å². The van der Waals surface area contributed by atoms with Crippen LogP contribution in [0.1, 0.15) is 17.9 Å². The largest absolute Gasteiger partial charge is 0.396 e.